The highest BCUT2D eigenvalue weighted by atomic mass is 32.2. The molecule has 0 aliphatic heterocycles. The minimum absolute atomic E-state index is 0.0548. The highest BCUT2D eigenvalue weighted by Gasteiger charge is 2.13. The number of hydrogen-bond acceptors (Lipinski definition) is 4. The van der Waals surface area contributed by atoms with Crippen LogP contribution in [0.25, 0.3) is 22.3 Å². The zero-order valence-electron chi connectivity index (χ0n) is 17.0. The van der Waals surface area contributed by atoms with Gasteiger partial charge in [0.05, 0.1) is 5.56 Å². The number of nitrogens with zero attached hydrogens (tertiary/aromatic N) is 1. The van der Waals surface area contributed by atoms with Crippen LogP contribution in [0.4, 0.5) is 0 Å². The summed E-state index contributed by atoms with van der Waals surface area (Å²) >= 11 is 1.51. The van der Waals surface area contributed by atoms with Gasteiger partial charge >= 0.3 is 5.97 Å². The van der Waals surface area contributed by atoms with Crippen molar-refractivity contribution in [2.75, 3.05) is 0 Å². The van der Waals surface area contributed by atoms with Crippen molar-refractivity contribution in [3.63, 3.8) is 0 Å². The molecule has 5 heteroatoms. The summed E-state index contributed by atoms with van der Waals surface area (Å²) in [4.78, 5) is 11.8. The van der Waals surface area contributed by atoms with E-state index in [4.69, 9.17) is 5.11 Å². The molecule has 2 N–H and O–H groups in total. The molecule has 0 saturated heterocycles. The maximum atomic E-state index is 11.0. The first kappa shape index (κ1) is 21.2. The van der Waals surface area contributed by atoms with Crippen molar-refractivity contribution in [3.8, 4) is 34.1 Å². The molecule has 4 aromatic carbocycles. The normalized spacial score (nSPS) is 10.5. The van der Waals surface area contributed by atoms with Gasteiger partial charge in [0.25, 0.3) is 0 Å². The van der Waals surface area contributed by atoms with Crippen LogP contribution < -0.4 is 0 Å². The lowest BCUT2D eigenvalue weighted by molar-refractivity contribution is 0.0697. The first-order valence-electron chi connectivity index (χ1n) is 9.93. The van der Waals surface area contributed by atoms with E-state index < -0.39 is 5.97 Å². The number of carboxylic acid groups (broad SMARTS) is 1. The van der Waals surface area contributed by atoms with Gasteiger partial charge in [-0.05, 0) is 46.5 Å². The Hall–Kier alpha value is -4.01. The third-order valence-electron chi connectivity index (χ3n) is 5.11. The summed E-state index contributed by atoms with van der Waals surface area (Å²) in [5.41, 5.74) is 5.18. The topological polar surface area (TPSA) is 81.3 Å². The van der Waals surface area contributed by atoms with Gasteiger partial charge in [-0.15, -0.1) is 11.8 Å². The van der Waals surface area contributed by atoms with Gasteiger partial charge in [0.15, 0.2) is 0 Å². The third kappa shape index (κ3) is 4.66. The Kier molecular flexibility index (Phi) is 6.25. The standard InChI is InChI=1S/C27H19NO3S/c28-16-25-24(21-12-10-20(11-13-21)19-4-2-1-3-5-19)14-23(15-26(25)29)32-17-18-6-8-22(9-7-18)27(30)31/h1-15,29H,17H2,(H,30,31). The molecular weight excluding hydrogens is 418 g/mol. The molecule has 0 radical (unpaired) electrons. The number of nitriles is 1. The van der Waals surface area contributed by atoms with Gasteiger partial charge < -0.3 is 10.2 Å². The Labute approximate surface area is 190 Å². The summed E-state index contributed by atoms with van der Waals surface area (Å²) in [6.07, 6.45) is 0. The molecule has 0 amide bonds. The van der Waals surface area contributed by atoms with Gasteiger partial charge in [0.2, 0.25) is 0 Å². The first-order valence-corrected chi connectivity index (χ1v) is 10.9. The molecule has 156 valence electrons. The molecule has 0 fully saturated rings. The van der Waals surface area contributed by atoms with E-state index >= 15 is 0 Å². The van der Waals surface area contributed by atoms with Crippen LogP contribution in [0, 0.1) is 11.3 Å². The minimum Gasteiger partial charge on any atom is -0.507 e. The largest absolute Gasteiger partial charge is 0.507 e. The van der Waals surface area contributed by atoms with Gasteiger partial charge in [0.1, 0.15) is 17.4 Å². The SMILES string of the molecule is N#Cc1c(O)cc(SCc2ccc(C(=O)O)cc2)cc1-c1ccc(-c2ccccc2)cc1. The number of thioether (sulfide) groups is 1. The van der Waals surface area contributed by atoms with E-state index in [-0.39, 0.29) is 16.9 Å². The summed E-state index contributed by atoms with van der Waals surface area (Å²) in [6.45, 7) is 0. The Balaban J connectivity index is 1.60. The highest BCUT2D eigenvalue weighted by molar-refractivity contribution is 7.98. The first-order chi connectivity index (χ1) is 15.5. The van der Waals surface area contributed by atoms with Gasteiger partial charge in [-0.3, -0.25) is 0 Å². The van der Waals surface area contributed by atoms with Crippen LogP contribution in [-0.2, 0) is 5.75 Å². The lowest BCUT2D eigenvalue weighted by Gasteiger charge is -2.11. The van der Waals surface area contributed by atoms with Crippen molar-refractivity contribution >= 4 is 17.7 Å². The Morgan fingerprint density at radius 1 is 0.844 bits per heavy atom. The molecule has 0 bridgehead atoms. The Morgan fingerprint density at radius 2 is 1.47 bits per heavy atom. The molecule has 0 spiro atoms. The fourth-order valence-electron chi connectivity index (χ4n) is 3.41. The zero-order valence-corrected chi connectivity index (χ0v) is 17.8. The van der Waals surface area contributed by atoms with Crippen LogP contribution in [-0.4, -0.2) is 16.2 Å². The van der Waals surface area contributed by atoms with Crippen molar-refractivity contribution < 1.29 is 15.0 Å². The molecule has 0 aliphatic rings. The second kappa shape index (κ2) is 9.42. The molecule has 0 unspecified atom stereocenters. The Morgan fingerprint density at radius 3 is 2.09 bits per heavy atom. The van der Waals surface area contributed by atoms with E-state index in [9.17, 15) is 15.2 Å². The number of phenolic OH excluding ortho intramolecular Hbond substituents is 1. The predicted octanol–water partition coefficient (Wildman–Crippen LogP) is 6.59. The molecule has 0 saturated carbocycles. The lowest BCUT2D eigenvalue weighted by Crippen LogP contribution is -1.95. The van der Waals surface area contributed by atoms with Gasteiger partial charge in [-0.25, -0.2) is 4.79 Å². The molecule has 0 aliphatic carbocycles. The zero-order chi connectivity index (χ0) is 22.5. The monoisotopic (exact) mass is 437 g/mol. The van der Waals surface area contributed by atoms with E-state index in [0.29, 0.717) is 11.3 Å². The van der Waals surface area contributed by atoms with E-state index in [1.807, 2.05) is 60.7 Å². The van der Waals surface area contributed by atoms with E-state index in [0.717, 1.165) is 27.1 Å². The van der Waals surface area contributed by atoms with Crippen LogP contribution in [0.15, 0.2) is 95.9 Å². The fourth-order valence-corrected chi connectivity index (χ4v) is 4.33. The number of rotatable bonds is 6. The second-order valence-corrected chi connectivity index (χ2v) is 8.26. The fraction of sp³-hybridized carbons (Fsp3) is 0.0370. The van der Waals surface area contributed by atoms with Crippen LogP contribution in [0.1, 0.15) is 21.5 Å². The molecule has 32 heavy (non-hydrogen) atoms. The van der Waals surface area contributed by atoms with Crippen LogP contribution in [0.2, 0.25) is 0 Å². The van der Waals surface area contributed by atoms with Gasteiger partial charge in [0, 0.05) is 16.2 Å². The van der Waals surface area contributed by atoms with Crippen molar-refractivity contribution in [3.05, 3.63) is 108 Å². The van der Waals surface area contributed by atoms with Crippen LogP contribution in [0.3, 0.4) is 0 Å². The van der Waals surface area contributed by atoms with Crippen molar-refractivity contribution in [2.24, 2.45) is 0 Å². The summed E-state index contributed by atoms with van der Waals surface area (Å²) < 4.78 is 0. The maximum Gasteiger partial charge on any atom is 0.335 e. The number of carbonyl (C=O) groups is 1. The molecule has 0 aromatic heterocycles. The second-order valence-electron chi connectivity index (χ2n) is 7.21. The van der Waals surface area contributed by atoms with Crippen molar-refractivity contribution in [1.82, 2.24) is 0 Å². The maximum absolute atomic E-state index is 11.0. The molecule has 4 rings (SSSR count). The molecule has 0 heterocycles. The number of benzene rings is 4. The molecule has 4 nitrogen and oxygen atoms in total. The van der Waals surface area contributed by atoms with E-state index in [1.54, 1.807) is 30.3 Å². The minimum atomic E-state index is -0.954. The summed E-state index contributed by atoms with van der Waals surface area (Å²) in [7, 11) is 0. The van der Waals surface area contributed by atoms with Crippen molar-refractivity contribution in [2.45, 2.75) is 10.6 Å². The summed E-state index contributed by atoms with van der Waals surface area (Å²) in [6, 6.07) is 30.3. The number of hydrogen-bond donors (Lipinski definition) is 2. The smallest absolute Gasteiger partial charge is 0.335 e. The quantitative estimate of drug-likeness (QED) is 0.333. The van der Waals surface area contributed by atoms with Crippen LogP contribution in [0.5, 0.6) is 5.75 Å². The van der Waals surface area contributed by atoms with E-state index in [1.165, 1.54) is 11.8 Å². The summed E-state index contributed by atoms with van der Waals surface area (Å²) in [5, 5.41) is 29.1. The molecule has 0 atom stereocenters. The molecular formula is C27H19NO3S. The number of aromatic carboxylic acids is 1. The lowest BCUT2D eigenvalue weighted by atomic mass is 9.97. The highest BCUT2D eigenvalue weighted by Crippen LogP contribution is 2.36. The number of aromatic hydroxyl groups is 1. The number of phenols is 1. The average molecular weight is 438 g/mol. The van der Waals surface area contributed by atoms with Crippen molar-refractivity contribution in [1.29, 1.82) is 5.26 Å². The van der Waals surface area contributed by atoms with Crippen LogP contribution >= 0.6 is 11.8 Å². The predicted molar refractivity (Wildman–Crippen MR) is 127 cm³/mol. The number of carboxylic acids is 1. The van der Waals surface area contributed by atoms with Gasteiger partial charge in [-0.2, -0.15) is 5.26 Å². The van der Waals surface area contributed by atoms with Gasteiger partial charge in [-0.1, -0.05) is 66.7 Å². The average Bonchev–Trinajstić information content (AvgIpc) is 2.83. The Bertz CT molecular complexity index is 1290. The summed E-state index contributed by atoms with van der Waals surface area (Å²) in [5.74, 6) is -0.401. The molecule has 4 aromatic rings. The third-order valence-corrected chi connectivity index (χ3v) is 6.16. The van der Waals surface area contributed by atoms with E-state index in [2.05, 4.69) is 6.07 Å².